The van der Waals surface area contributed by atoms with Crippen molar-refractivity contribution in [2.75, 3.05) is 7.11 Å². The first kappa shape index (κ1) is 15.1. The van der Waals surface area contributed by atoms with Gasteiger partial charge in [0, 0.05) is 5.56 Å². The zero-order valence-electron chi connectivity index (χ0n) is 11.8. The summed E-state index contributed by atoms with van der Waals surface area (Å²) in [5.74, 6) is -1.93. The first-order valence-corrected chi connectivity index (χ1v) is 6.52. The van der Waals surface area contributed by atoms with Crippen molar-refractivity contribution in [1.82, 2.24) is 15.0 Å². The fraction of sp³-hybridized carbons (Fsp3) is 0.357. The lowest BCUT2D eigenvalue weighted by molar-refractivity contribution is 0.0592. The molecule has 0 saturated carbocycles. The predicted molar refractivity (Wildman–Crippen MR) is 70.8 cm³/mol. The van der Waals surface area contributed by atoms with Gasteiger partial charge in [0.1, 0.15) is 11.6 Å². The van der Waals surface area contributed by atoms with Gasteiger partial charge in [-0.05, 0) is 18.6 Å². The van der Waals surface area contributed by atoms with Crippen LogP contribution in [0.3, 0.4) is 0 Å². The molecule has 1 aromatic heterocycles. The summed E-state index contributed by atoms with van der Waals surface area (Å²) >= 11 is 0. The molecule has 2 aromatic rings. The average Bonchev–Trinajstić information content (AvgIpc) is 2.86. The van der Waals surface area contributed by atoms with Gasteiger partial charge in [0.25, 0.3) is 0 Å². The number of methoxy groups -OCH3 is 1. The van der Waals surface area contributed by atoms with Crippen LogP contribution < -0.4 is 0 Å². The molecule has 0 saturated heterocycles. The fourth-order valence-electron chi connectivity index (χ4n) is 2.03. The van der Waals surface area contributed by atoms with E-state index in [1.807, 2.05) is 6.92 Å². The van der Waals surface area contributed by atoms with Crippen LogP contribution in [0.2, 0.25) is 0 Å². The van der Waals surface area contributed by atoms with E-state index in [2.05, 4.69) is 15.0 Å². The second-order valence-corrected chi connectivity index (χ2v) is 4.48. The molecule has 0 atom stereocenters. The van der Waals surface area contributed by atoms with Gasteiger partial charge >= 0.3 is 5.97 Å². The molecule has 0 fully saturated rings. The topological polar surface area (TPSA) is 57.0 Å². The number of rotatable bonds is 5. The van der Waals surface area contributed by atoms with Crippen LogP contribution in [0, 0.1) is 11.6 Å². The minimum Gasteiger partial charge on any atom is -0.464 e. The van der Waals surface area contributed by atoms with E-state index in [0.29, 0.717) is 12.1 Å². The fourth-order valence-corrected chi connectivity index (χ4v) is 2.03. The highest BCUT2D eigenvalue weighted by atomic mass is 19.1. The molecule has 7 heteroatoms. The lowest BCUT2D eigenvalue weighted by Gasteiger charge is -2.08. The summed E-state index contributed by atoms with van der Waals surface area (Å²) in [6, 6.07) is 3.65. The number of ether oxygens (including phenoxy) is 1. The molecule has 0 spiro atoms. The Morgan fingerprint density at radius 1 is 1.33 bits per heavy atom. The number of nitrogens with zero attached hydrogens (tertiary/aromatic N) is 3. The number of esters is 1. The predicted octanol–water partition coefficient (Wildman–Crippen LogP) is 2.34. The lowest BCUT2D eigenvalue weighted by Crippen LogP contribution is -2.12. The SMILES string of the molecule is CCCc1c(C(=O)OC)nnn1Cc1c(F)cccc1F. The van der Waals surface area contributed by atoms with E-state index in [0.717, 1.165) is 6.42 Å². The minimum absolute atomic E-state index is 0.0797. The van der Waals surface area contributed by atoms with Gasteiger partial charge in [-0.3, -0.25) is 0 Å². The van der Waals surface area contributed by atoms with Crippen molar-refractivity contribution in [3.63, 3.8) is 0 Å². The molecule has 0 aliphatic rings. The Balaban J connectivity index is 2.40. The molecule has 0 aliphatic carbocycles. The Morgan fingerprint density at radius 3 is 2.57 bits per heavy atom. The summed E-state index contributed by atoms with van der Waals surface area (Å²) in [6.07, 6.45) is 1.24. The summed E-state index contributed by atoms with van der Waals surface area (Å²) < 4.78 is 33.3. The standard InChI is InChI=1S/C14H15F2N3O2/c1-3-5-12-13(14(20)21-2)17-18-19(12)8-9-10(15)6-4-7-11(9)16/h4,6-7H,3,5,8H2,1-2H3. The van der Waals surface area contributed by atoms with Gasteiger partial charge in [0.2, 0.25) is 0 Å². The Kier molecular flexibility index (Phi) is 4.62. The van der Waals surface area contributed by atoms with Crippen LogP contribution in [-0.2, 0) is 17.7 Å². The van der Waals surface area contributed by atoms with Gasteiger partial charge < -0.3 is 4.74 Å². The molecule has 21 heavy (non-hydrogen) atoms. The summed E-state index contributed by atoms with van der Waals surface area (Å²) in [7, 11) is 1.24. The molecule has 1 aromatic carbocycles. The molecule has 0 unspecified atom stereocenters. The number of carbonyl (C=O) groups excluding carboxylic acids is 1. The number of hydrogen-bond donors (Lipinski definition) is 0. The van der Waals surface area contributed by atoms with Crippen LogP contribution in [0.25, 0.3) is 0 Å². The van der Waals surface area contributed by atoms with Gasteiger partial charge in [0.15, 0.2) is 5.69 Å². The molecule has 2 rings (SSSR count). The van der Waals surface area contributed by atoms with E-state index in [1.54, 1.807) is 0 Å². The first-order chi connectivity index (χ1) is 10.1. The highest BCUT2D eigenvalue weighted by Crippen LogP contribution is 2.16. The minimum atomic E-state index is -0.660. The van der Waals surface area contributed by atoms with Crippen molar-refractivity contribution >= 4 is 5.97 Å². The third kappa shape index (κ3) is 3.07. The third-order valence-corrected chi connectivity index (χ3v) is 3.07. The molecule has 0 amide bonds. The van der Waals surface area contributed by atoms with Crippen molar-refractivity contribution in [3.8, 4) is 0 Å². The zero-order chi connectivity index (χ0) is 15.4. The van der Waals surface area contributed by atoms with Crippen LogP contribution in [-0.4, -0.2) is 28.1 Å². The maximum Gasteiger partial charge on any atom is 0.360 e. The monoisotopic (exact) mass is 295 g/mol. The Hall–Kier alpha value is -2.31. The highest BCUT2D eigenvalue weighted by molar-refractivity contribution is 5.88. The van der Waals surface area contributed by atoms with E-state index in [1.165, 1.54) is 30.0 Å². The van der Waals surface area contributed by atoms with Crippen molar-refractivity contribution in [2.45, 2.75) is 26.3 Å². The summed E-state index contributed by atoms with van der Waals surface area (Å²) in [5, 5.41) is 7.57. The maximum atomic E-state index is 13.7. The average molecular weight is 295 g/mol. The second-order valence-electron chi connectivity index (χ2n) is 4.48. The molecular weight excluding hydrogens is 280 g/mol. The number of hydrogen-bond acceptors (Lipinski definition) is 4. The number of halogens is 2. The molecule has 0 N–H and O–H groups in total. The van der Waals surface area contributed by atoms with Gasteiger partial charge in [-0.15, -0.1) is 5.10 Å². The Bertz CT molecular complexity index is 635. The van der Waals surface area contributed by atoms with Crippen LogP contribution >= 0.6 is 0 Å². The van der Waals surface area contributed by atoms with Crippen molar-refractivity contribution < 1.29 is 18.3 Å². The van der Waals surface area contributed by atoms with Gasteiger partial charge in [-0.25, -0.2) is 18.3 Å². The molecule has 0 aliphatic heterocycles. The van der Waals surface area contributed by atoms with Crippen molar-refractivity contribution in [1.29, 1.82) is 0 Å². The summed E-state index contributed by atoms with van der Waals surface area (Å²) in [6.45, 7) is 1.79. The van der Waals surface area contributed by atoms with E-state index in [-0.39, 0.29) is 17.8 Å². The Morgan fingerprint density at radius 2 is 2.00 bits per heavy atom. The summed E-state index contributed by atoms with van der Waals surface area (Å²) in [5.41, 5.74) is 0.472. The number of carbonyl (C=O) groups is 1. The van der Waals surface area contributed by atoms with Gasteiger partial charge in [-0.2, -0.15) is 0 Å². The van der Waals surface area contributed by atoms with Crippen molar-refractivity contribution in [2.24, 2.45) is 0 Å². The highest BCUT2D eigenvalue weighted by Gasteiger charge is 2.21. The van der Waals surface area contributed by atoms with E-state index >= 15 is 0 Å². The van der Waals surface area contributed by atoms with Crippen molar-refractivity contribution in [3.05, 3.63) is 46.8 Å². The largest absolute Gasteiger partial charge is 0.464 e. The number of benzene rings is 1. The maximum absolute atomic E-state index is 13.7. The first-order valence-electron chi connectivity index (χ1n) is 6.52. The van der Waals surface area contributed by atoms with E-state index in [4.69, 9.17) is 0 Å². The van der Waals surface area contributed by atoms with E-state index in [9.17, 15) is 13.6 Å². The molecule has 5 nitrogen and oxygen atoms in total. The van der Waals surface area contributed by atoms with Crippen LogP contribution in [0.15, 0.2) is 18.2 Å². The second kappa shape index (κ2) is 6.43. The normalized spacial score (nSPS) is 10.7. The zero-order valence-corrected chi connectivity index (χ0v) is 11.8. The van der Waals surface area contributed by atoms with Crippen LogP contribution in [0.1, 0.15) is 35.1 Å². The van der Waals surface area contributed by atoms with Gasteiger partial charge in [0.05, 0.1) is 19.3 Å². The lowest BCUT2D eigenvalue weighted by atomic mass is 10.1. The molecule has 0 bridgehead atoms. The van der Waals surface area contributed by atoms with Crippen LogP contribution in [0.5, 0.6) is 0 Å². The number of aromatic nitrogens is 3. The molecule has 0 radical (unpaired) electrons. The molecular formula is C14H15F2N3O2. The Labute approximate surface area is 120 Å². The van der Waals surface area contributed by atoms with E-state index < -0.39 is 17.6 Å². The smallest absolute Gasteiger partial charge is 0.360 e. The summed E-state index contributed by atoms with van der Waals surface area (Å²) in [4.78, 5) is 11.6. The van der Waals surface area contributed by atoms with Gasteiger partial charge in [-0.1, -0.05) is 24.6 Å². The van der Waals surface area contributed by atoms with Crippen LogP contribution in [0.4, 0.5) is 8.78 Å². The molecule has 1 heterocycles. The third-order valence-electron chi connectivity index (χ3n) is 3.07. The molecule has 112 valence electrons. The quantitative estimate of drug-likeness (QED) is 0.794.